The molecule has 1 aliphatic heterocycles. The molecule has 0 radical (unpaired) electrons. The number of nitrogens with zero attached hydrogens (tertiary/aromatic N) is 4. The molecule has 1 fully saturated rings. The second kappa shape index (κ2) is 13.0. The molecule has 242 valence electrons. The molecule has 14 heteroatoms. The highest BCUT2D eigenvalue weighted by Crippen LogP contribution is 2.33. The Kier molecular flexibility index (Phi) is 8.70. The van der Waals surface area contributed by atoms with E-state index < -0.39 is 41.3 Å². The van der Waals surface area contributed by atoms with E-state index in [-0.39, 0.29) is 18.7 Å². The van der Waals surface area contributed by atoms with Gasteiger partial charge in [-0.1, -0.05) is 24.3 Å². The molecule has 3 amide bonds. The van der Waals surface area contributed by atoms with Crippen molar-refractivity contribution in [2.24, 2.45) is 7.05 Å². The Hall–Kier alpha value is -5.60. The van der Waals surface area contributed by atoms with Crippen molar-refractivity contribution in [2.75, 3.05) is 18.9 Å². The Bertz CT molecular complexity index is 1990. The van der Waals surface area contributed by atoms with E-state index in [2.05, 4.69) is 16.0 Å². The van der Waals surface area contributed by atoms with Gasteiger partial charge in [-0.05, 0) is 55.0 Å². The first-order valence-electron chi connectivity index (χ1n) is 14.7. The van der Waals surface area contributed by atoms with Crippen molar-refractivity contribution in [2.45, 2.75) is 25.6 Å². The summed E-state index contributed by atoms with van der Waals surface area (Å²) in [5, 5.41) is 14.7. The van der Waals surface area contributed by atoms with Crippen LogP contribution in [0.2, 0.25) is 0 Å². The number of hydroxylamine groups is 2. The van der Waals surface area contributed by atoms with Crippen LogP contribution in [0.25, 0.3) is 16.9 Å². The Morgan fingerprint density at radius 2 is 1.83 bits per heavy atom. The summed E-state index contributed by atoms with van der Waals surface area (Å²) in [6.07, 6.45) is 2.26. The maximum atomic E-state index is 14.2. The minimum absolute atomic E-state index is 0.0583. The number of anilines is 1. The third-order valence-corrected chi connectivity index (χ3v) is 7.81. The van der Waals surface area contributed by atoms with Gasteiger partial charge < -0.3 is 19.6 Å². The molecule has 3 N–H and O–H groups in total. The van der Waals surface area contributed by atoms with Crippen LogP contribution in [0.15, 0.2) is 88.4 Å². The van der Waals surface area contributed by atoms with E-state index in [1.165, 1.54) is 37.1 Å². The van der Waals surface area contributed by atoms with Crippen LogP contribution in [0, 0.1) is 18.6 Å². The standard InChI is InChI=1S/C33H31F2N7O5/c1-19-28(21-14-24(31(43)36-2)32(44)40(3)16-21)39-42(22-8-5-4-6-9-22)30(19)38-33(45)37-27-18-41(17-23-10-7-13-46-23)47-29(27)20-11-12-25(34)26(35)15-20/h4-16,27,29H,17-18H2,1-3H3,(H,36,43)(H2,37,38,45)/t27-,29?/m1/s1. The fourth-order valence-corrected chi connectivity index (χ4v) is 5.50. The minimum Gasteiger partial charge on any atom is -0.468 e. The molecule has 3 aromatic heterocycles. The molecule has 47 heavy (non-hydrogen) atoms. The number of benzene rings is 2. The Labute approximate surface area is 267 Å². The predicted molar refractivity (Wildman–Crippen MR) is 168 cm³/mol. The number of furan rings is 1. The molecule has 2 atom stereocenters. The number of pyridine rings is 1. The lowest BCUT2D eigenvalue weighted by molar-refractivity contribution is -0.157. The van der Waals surface area contributed by atoms with Crippen LogP contribution in [0.3, 0.4) is 0 Å². The highest BCUT2D eigenvalue weighted by atomic mass is 19.2. The molecule has 1 unspecified atom stereocenters. The first-order valence-corrected chi connectivity index (χ1v) is 14.7. The third kappa shape index (κ3) is 6.41. The smallest absolute Gasteiger partial charge is 0.320 e. The van der Waals surface area contributed by atoms with Crippen molar-refractivity contribution in [1.82, 2.24) is 30.0 Å². The molecule has 0 saturated carbocycles. The number of para-hydroxylation sites is 1. The van der Waals surface area contributed by atoms with E-state index in [1.54, 1.807) is 35.0 Å². The lowest BCUT2D eigenvalue weighted by atomic mass is 10.0. The lowest BCUT2D eigenvalue weighted by Gasteiger charge is -2.20. The van der Waals surface area contributed by atoms with E-state index in [4.69, 9.17) is 14.4 Å². The van der Waals surface area contributed by atoms with Gasteiger partial charge in [-0.15, -0.1) is 0 Å². The van der Waals surface area contributed by atoms with Gasteiger partial charge in [-0.3, -0.25) is 19.7 Å². The highest BCUT2D eigenvalue weighted by Gasteiger charge is 2.37. The number of halogens is 2. The van der Waals surface area contributed by atoms with Crippen LogP contribution in [0.1, 0.15) is 33.3 Å². The Morgan fingerprint density at radius 1 is 1.04 bits per heavy atom. The molecule has 6 rings (SSSR count). The van der Waals surface area contributed by atoms with Crippen molar-refractivity contribution >= 4 is 17.8 Å². The Morgan fingerprint density at radius 3 is 2.53 bits per heavy atom. The number of rotatable bonds is 8. The van der Waals surface area contributed by atoms with Crippen molar-refractivity contribution < 1.29 is 27.6 Å². The zero-order chi connectivity index (χ0) is 33.2. The fourth-order valence-electron chi connectivity index (χ4n) is 5.50. The van der Waals surface area contributed by atoms with Gasteiger partial charge in [0.05, 0.1) is 30.2 Å². The van der Waals surface area contributed by atoms with Crippen LogP contribution in [-0.2, 0) is 18.4 Å². The first-order chi connectivity index (χ1) is 22.6. The maximum absolute atomic E-state index is 14.2. The van der Waals surface area contributed by atoms with Crippen LogP contribution in [-0.4, -0.2) is 51.0 Å². The van der Waals surface area contributed by atoms with Crippen LogP contribution >= 0.6 is 0 Å². The van der Waals surface area contributed by atoms with Crippen LogP contribution in [0.5, 0.6) is 0 Å². The van der Waals surface area contributed by atoms with Gasteiger partial charge in [0.25, 0.3) is 11.5 Å². The van der Waals surface area contributed by atoms with Gasteiger partial charge in [-0.2, -0.15) is 10.2 Å². The van der Waals surface area contributed by atoms with Crippen LogP contribution < -0.4 is 21.5 Å². The molecular formula is C33H31F2N7O5. The normalized spacial score (nSPS) is 16.3. The van der Waals surface area contributed by atoms with E-state index in [0.717, 1.165) is 12.1 Å². The summed E-state index contributed by atoms with van der Waals surface area (Å²) in [7, 11) is 2.98. The largest absolute Gasteiger partial charge is 0.468 e. The number of hydrogen-bond donors (Lipinski definition) is 3. The number of aryl methyl sites for hydroxylation is 1. The first kappa shape index (κ1) is 31.4. The van der Waals surface area contributed by atoms with Gasteiger partial charge in [0.15, 0.2) is 11.6 Å². The molecule has 1 aliphatic rings. The van der Waals surface area contributed by atoms with Crippen molar-refractivity contribution in [3.8, 4) is 16.9 Å². The second-order valence-corrected chi connectivity index (χ2v) is 11.0. The molecule has 0 bridgehead atoms. The van der Waals surface area contributed by atoms with Crippen molar-refractivity contribution in [1.29, 1.82) is 0 Å². The summed E-state index contributed by atoms with van der Waals surface area (Å²) in [6.45, 7) is 2.23. The van der Waals surface area contributed by atoms with Gasteiger partial charge in [-0.25, -0.2) is 18.3 Å². The molecule has 0 aliphatic carbocycles. The Balaban J connectivity index is 1.33. The molecule has 1 saturated heterocycles. The van der Waals surface area contributed by atoms with E-state index in [1.807, 2.05) is 30.3 Å². The molecule has 0 spiro atoms. The summed E-state index contributed by atoms with van der Waals surface area (Å²) in [4.78, 5) is 44.9. The minimum atomic E-state index is -1.04. The van der Waals surface area contributed by atoms with E-state index in [9.17, 15) is 23.2 Å². The molecule has 12 nitrogen and oxygen atoms in total. The van der Waals surface area contributed by atoms with E-state index >= 15 is 0 Å². The summed E-state index contributed by atoms with van der Waals surface area (Å²) in [5.74, 6) is -1.63. The van der Waals surface area contributed by atoms with Gasteiger partial charge in [0.1, 0.15) is 23.2 Å². The topological polar surface area (TPSA) is 136 Å². The molecular weight excluding hydrogens is 612 g/mol. The summed E-state index contributed by atoms with van der Waals surface area (Å²) in [6, 6.07) is 16.3. The molecule has 4 heterocycles. The number of urea groups is 1. The molecule has 2 aromatic carbocycles. The number of amides is 3. The summed E-state index contributed by atoms with van der Waals surface area (Å²) >= 11 is 0. The molecule has 5 aromatic rings. The number of hydrogen-bond acceptors (Lipinski definition) is 7. The van der Waals surface area contributed by atoms with Crippen molar-refractivity contribution in [3.05, 3.63) is 124 Å². The quantitative estimate of drug-likeness (QED) is 0.227. The highest BCUT2D eigenvalue weighted by molar-refractivity contribution is 5.95. The monoisotopic (exact) mass is 643 g/mol. The second-order valence-electron chi connectivity index (χ2n) is 11.0. The third-order valence-electron chi connectivity index (χ3n) is 7.81. The summed E-state index contributed by atoms with van der Waals surface area (Å²) < 4.78 is 36.3. The van der Waals surface area contributed by atoms with Crippen molar-refractivity contribution in [3.63, 3.8) is 0 Å². The fraction of sp³-hybridized carbons (Fsp3) is 0.212. The average Bonchev–Trinajstić information content (AvgIpc) is 3.80. The summed E-state index contributed by atoms with van der Waals surface area (Å²) in [5.41, 5.74) is 1.92. The lowest BCUT2D eigenvalue weighted by Crippen LogP contribution is -2.42. The number of carbonyl (C=O) groups excluding carboxylic acids is 2. The maximum Gasteiger partial charge on any atom is 0.320 e. The van der Waals surface area contributed by atoms with Gasteiger partial charge in [0, 0.05) is 38.0 Å². The average molecular weight is 644 g/mol. The van der Waals surface area contributed by atoms with Gasteiger partial charge >= 0.3 is 6.03 Å². The zero-order valence-corrected chi connectivity index (χ0v) is 25.7. The van der Waals surface area contributed by atoms with Gasteiger partial charge in [0.2, 0.25) is 0 Å². The SMILES string of the molecule is CNC(=O)c1cc(-c2nn(-c3ccccc3)c(NC(=O)N[C@@H]3CN(Cc4ccco4)OC3c3ccc(F)c(F)c3)c2C)cn(C)c1=O. The number of nitrogens with one attached hydrogen (secondary N) is 3. The van der Waals surface area contributed by atoms with Crippen LogP contribution in [0.4, 0.5) is 19.4 Å². The number of carbonyl (C=O) groups is 2. The number of aromatic nitrogens is 3. The predicted octanol–water partition coefficient (Wildman–Crippen LogP) is 4.46. The van der Waals surface area contributed by atoms with E-state index in [0.29, 0.717) is 39.6 Å². The zero-order valence-electron chi connectivity index (χ0n) is 25.7.